The van der Waals surface area contributed by atoms with Gasteiger partial charge in [-0.15, -0.1) is 0 Å². The highest BCUT2D eigenvalue weighted by Crippen LogP contribution is 2.23. The minimum atomic E-state index is -0.0510. The molecule has 2 heterocycles. The number of nitrogens with zero attached hydrogens (tertiary/aromatic N) is 1. The molecule has 3 nitrogen and oxygen atoms in total. The van der Waals surface area contributed by atoms with Crippen LogP contribution in [0.4, 0.5) is 0 Å². The maximum Gasteiger partial charge on any atom is 0.202 e. The van der Waals surface area contributed by atoms with E-state index in [1.54, 1.807) is 41.1 Å². The molecule has 0 bridgehead atoms. The topological polar surface area (TPSA) is 39.1 Å². The van der Waals surface area contributed by atoms with Crippen LogP contribution in [0, 0.1) is 0 Å². The molecule has 1 aliphatic carbocycles. The van der Waals surface area contributed by atoms with Gasteiger partial charge in [0.25, 0.3) is 0 Å². The minimum Gasteiger partial charge on any atom is -0.337 e. The zero-order valence-corrected chi connectivity index (χ0v) is 8.51. The first kappa shape index (κ1) is 9.09. The number of allylic oxidation sites excluding steroid dienone is 6. The third-order valence-corrected chi connectivity index (χ3v) is 2.83. The molecule has 0 fully saturated rings. The third kappa shape index (κ3) is 1.21. The molecule has 0 saturated heterocycles. The van der Waals surface area contributed by atoms with Crippen LogP contribution >= 0.6 is 0 Å². The normalized spacial score (nSPS) is 21.8. The van der Waals surface area contributed by atoms with Crippen LogP contribution in [-0.4, -0.2) is 16.1 Å². The fourth-order valence-corrected chi connectivity index (χ4v) is 2.04. The van der Waals surface area contributed by atoms with E-state index in [0.29, 0.717) is 11.3 Å². The summed E-state index contributed by atoms with van der Waals surface area (Å²) >= 11 is 0. The van der Waals surface area contributed by atoms with Crippen molar-refractivity contribution in [3.63, 3.8) is 0 Å². The Hall–Kier alpha value is -2.16. The zero-order valence-electron chi connectivity index (χ0n) is 8.51. The molecule has 1 aliphatic heterocycles. The lowest BCUT2D eigenvalue weighted by Crippen LogP contribution is -2.18. The largest absolute Gasteiger partial charge is 0.337 e. The van der Waals surface area contributed by atoms with Crippen molar-refractivity contribution < 1.29 is 9.59 Å². The summed E-state index contributed by atoms with van der Waals surface area (Å²) < 4.78 is 1.69. The van der Waals surface area contributed by atoms with Gasteiger partial charge in [-0.2, -0.15) is 0 Å². The number of aromatic nitrogens is 1. The van der Waals surface area contributed by atoms with Gasteiger partial charge in [0.05, 0.1) is 12.2 Å². The Morgan fingerprint density at radius 1 is 1.25 bits per heavy atom. The minimum absolute atomic E-state index is 0.0428. The second-order valence-corrected chi connectivity index (χ2v) is 3.85. The fourth-order valence-electron chi connectivity index (χ4n) is 2.04. The number of carbonyl (C=O) groups excluding carboxylic acids is 2. The van der Waals surface area contributed by atoms with E-state index in [1.165, 1.54) is 6.08 Å². The number of rotatable bonds is 0. The van der Waals surface area contributed by atoms with Crippen LogP contribution in [0.5, 0.6) is 0 Å². The summed E-state index contributed by atoms with van der Waals surface area (Å²) in [5, 5.41) is 0. The third-order valence-electron chi connectivity index (χ3n) is 2.83. The fraction of sp³-hybridized carbons (Fsp3) is 0.0769. The molecule has 3 heteroatoms. The van der Waals surface area contributed by atoms with E-state index in [4.69, 9.17) is 0 Å². The van der Waals surface area contributed by atoms with E-state index >= 15 is 0 Å². The van der Waals surface area contributed by atoms with Gasteiger partial charge in [-0.25, -0.2) is 0 Å². The quantitative estimate of drug-likeness (QED) is 0.654. The van der Waals surface area contributed by atoms with E-state index in [-0.39, 0.29) is 18.1 Å². The Bertz CT molecular complexity index is 585. The summed E-state index contributed by atoms with van der Waals surface area (Å²) in [7, 11) is 0. The number of carbonyl (C=O) groups is 2. The van der Waals surface area contributed by atoms with Crippen LogP contribution in [-0.2, 0) is 11.3 Å². The maximum absolute atomic E-state index is 11.9. The molecular formula is C13H9NO2. The molecule has 0 spiro atoms. The Morgan fingerprint density at radius 2 is 2.12 bits per heavy atom. The van der Waals surface area contributed by atoms with Crippen molar-refractivity contribution in [2.24, 2.45) is 0 Å². The van der Waals surface area contributed by atoms with Crippen LogP contribution in [0.3, 0.4) is 0 Å². The van der Waals surface area contributed by atoms with Gasteiger partial charge in [-0.3, -0.25) is 9.59 Å². The second-order valence-electron chi connectivity index (χ2n) is 3.85. The Morgan fingerprint density at radius 3 is 3.00 bits per heavy atom. The first-order chi connectivity index (χ1) is 7.75. The van der Waals surface area contributed by atoms with Crippen molar-refractivity contribution in [2.75, 3.05) is 0 Å². The monoisotopic (exact) mass is 211 g/mol. The van der Waals surface area contributed by atoms with Crippen LogP contribution in [0.2, 0.25) is 0 Å². The van der Waals surface area contributed by atoms with Gasteiger partial charge < -0.3 is 4.57 Å². The summed E-state index contributed by atoms with van der Waals surface area (Å²) in [4.78, 5) is 23.8. The smallest absolute Gasteiger partial charge is 0.202 e. The first-order valence-corrected chi connectivity index (χ1v) is 5.09. The van der Waals surface area contributed by atoms with Gasteiger partial charge in [0.15, 0.2) is 5.78 Å². The van der Waals surface area contributed by atoms with Gasteiger partial charge in [-0.1, -0.05) is 18.2 Å². The first-order valence-electron chi connectivity index (χ1n) is 5.09. The van der Waals surface area contributed by atoms with E-state index in [1.807, 2.05) is 0 Å². The number of Topliss-reactive ketones (excluding diaryl/α,β-unsaturated/α-hetero) is 1. The highest BCUT2D eigenvalue weighted by molar-refractivity contribution is 6.10. The average molecular weight is 211 g/mol. The summed E-state index contributed by atoms with van der Waals surface area (Å²) in [6, 6.07) is 3.52. The highest BCUT2D eigenvalue weighted by atomic mass is 16.1. The van der Waals surface area contributed by atoms with Gasteiger partial charge in [0.1, 0.15) is 0 Å². The molecular weight excluding hydrogens is 202 g/mol. The van der Waals surface area contributed by atoms with Gasteiger partial charge in [0, 0.05) is 11.8 Å². The molecule has 2 aliphatic rings. The second kappa shape index (κ2) is 3.17. The Balaban J connectivity index is 2.19. The van der Waals surface area contributed by atoms with Crippen molar-refractivity contribution in [1.29, 1.82) is 0 Å². The SMILES string of the molecule is O=C1Cn2cccc2C(=O)/C=C2/C=CC=C12. The number of ketones is 2. The van der Waals surface area contributed by atoms with Crippen molar-refractivity contribution in [3.8, 4) is 0 Å². The molecule has 0 unspecified atom stereocenters. The zero-order chi connectivity index (χ0) is 11.1. The molecule has 0 N–H and O–H groups in total. The van der Waals surface area contributed by atoms with Gasteiger partial charge in [0.2, 0.25) is 5.78 Å². The number of hydrogen-bond acceptors (Lipinski definition) is 2. The van der Waals surface area contributed by atoms with Gasteiger partial charge >= 0.3 is 0 Å². The molecule has 1 aromatic rings. The van der Waals surface area contributed by atoms with Crippen LogP contribution < -0.4 is 0 Å². The summed E-state index contributed by atoms with van der Waals surface area (Å²) in [6.07, 6.45) is 8.64. The average Bonchev–Trinajstić information content (AvgIpc) is 2.84. The molecule has 16 heavy (non-hydrogen) atoms. The summed E-state index contributed by atoms with van der Waals surface area (Å²) in [5.74, 6) is -0.00819. The molecule has 0 saturated carbocycles. The summed E-state index contributed by atoms with van der Waals surface area (Å²) in [6.45, 7) is 0.235. The molecule has 0 atom stereocenters. The Labute approximate surface area is 92.4 Å². The molecule has 0 amide bonds. The highest BCUT2D eigenvalue weighted by Gasteiger charge is 2.22. The van der Waals surface area contributed by atoms with Crippen LogP contribution in [0.25, 0.3) is 0 Å². The lowest BCUT2D eigenvalue weighted by Gasteiger charge is -2.12. The van der Waals surface area contributed by atoms with E-state index in [9.17, 15) is 9.59 Å². The maximum atomic E-state index is 11.9. The van der Waals surface area contributed by atoms with Crippen LogP contribution in [0.1, 0.15) is 10.5 Å². The number of hydrogen-bond donors (Lipinski definition) is 0. The van der Waals surface area contributed by atoms with Crippen molar-refractivity contribution in [2.45, 2.75) is 6.54 Å². The van der Waals surface area contributed by atoms with E-state index < -0.39 is 0 Å². The lowest BCUT2D eigenvalue weighted by atomic mass is 10.0. The molecule has 1 aromatic heterocycles. The predicted molar refractivity (Wildman–Crippen MR) is 59.1 cm³/mol. The standard InChI is InChI=1S/C13H9NO2/c15-12-7-9-3-1-4-10(9)13(16)8-14-6-2-5-11(12)14/h1-7H,8H2/b9-7-. The van der Waals surface area contributed by atoms with E-state index in [2.05, 4.69) is 0 Å². The summed E-state index contributed by atoms with van der Waals surface area (Å²) in [5.41, 5.74) is 1.93. The van der Waals surface area contributed by atoms with Crippen molar-refractivity contribution >= 4 is 11.6 Å². The lowest BCUT2D eigenvalue weighted by molar-refractivity contribution is -0.115. The molecule has 0 radical (unpaired) electrons. The van der Waals surface area contributed by atoms with Crippen molar-refractivity contribution in [1.82, 2.24) is 4.57 Å². The van der Waals surface area contributed by atoms with E-state index in [0.717, 1.165) is 5.57 Å². The molecule has 3 rings (SSSR count). The predicted octanol–water partition coefficient (Wildman–Crippen LogP) is 1.68. The Kier molecular flexibility index (Phi) is 1.80. The van der Waals surface area contributed by atoms with Gasteiger partial charge in [-0.05, 0) is 23.8 Å². The number of fused-ring (bicyclic) bond motifs is 2. The molecule has 0 aromatic carbocycles. The van der Waals surface area contributed by atoms with Crippen LogP contribution in [0.15, 0.2) is 53.8 Å². The van der Waals surface area contributed by atoms with Crippen molar-refractivity contribution in [3.05, 3.63) is 59.5 Å². The molecule has 78 valence electrons.